The lowest BCUT2D eigenvalue weighted by atomic mass is 9.84. The predicted molar refractivity (Wildman–Crippen MR) is 79.5 cm³/mol. The number of rotatable bonds is 5. The van der Waals surface area contributed by atoms with Crippen LogP contribution in [0.15, 0.2) is 48.5 Å². The Kier molecular flexibility index (Phi) is 3.98. The van der Waals surface area contributed by atoms with Gasteiger partial charge in [-0.15, -0.1) is 0 Å². The maximum absolute atomic E-state index is 13.1. The maximum atomic E-state index is 13.1. The summed E-state index contributed by atoms with van der Waals surface area (Å²) in [6, 6.07) is 12.4. The zero-order chi connectivity index (χ0) is 15.7. The number of hydrogen-bond donors (Lipinski definition) is 1. The van der Waals surface area contributed by atoms with Crippen LogP contribution in [-0.2, 0) is 10.3 Å². The number of aliphatic hydroxyl groups is 1. The highest BCUT2D eigenvalue weighted by atomic mass is 19.1. The smallest absolute Gasteiger partial charge is 0.143 e. The summed E-state index contributed by atoms with van der Waals surface area (Å²) >= 11 is 0. The van der Waals surface area contributed by atoms with Crippen molar-refractivity contribution in [3.8, 4) is 0 Å². The second-order valence-corrected chi connectivity index (χ2v) is 5.66. The van der Waals surface area contributed by atoms with Crippen LogP contribution in [0.5, 0.6) is 0 Å². The summed E-state index contributed by atoms with van der Waals surface area (Å²) < 4.78 is 32.0. The van der Waals surface area contributed by atoms with Gasteiger partial charge in [0.1, 0.15) is 23.3 Å². The fourth-order valence-corrected chi connectivity index (χ4v) is 3.12. The molecule has 1 aliphatic heterocycles. The van der Waals surface area contributed by atoms with E-state index < -0.39 is 5.60 Å². The molecule has 0 bridgehead atoms. The first-order valence-corrected chi connectivity index (χ1v) is 7.41. The van der Waals surface area contributed by atoms with E-state index >= 15 is 0 Å². The van der Waals surface area contributed by atoms with Crippen molar-refractivity contribution in [2.45, 2.75) is 31.0 Å². The molecule has 0 saturated carbocycles. The van der Waals surface area contributed by atoms with Gasteiger partial charge < -0.3 is 9.84 Å². The summed E-state index contributed by atoms with van der Waals surface area (Å²) in [5.74, 6) is -0.542. The maximum Gasteiger partial charge on any atom is 0.143 e. The van der Waals surface area contributed by atoms with Gasteiger partial charge in [0.05, 0.1) is 6.61 Å². The molecule has 0 aromatic heterocycles. The van der Waals surface area contributed by atoms with Crippen LogP contribution in [0, 0.1) is 11.6 Å². The van der Waals surface area contributed by atoms with E-state index in [0.717, 1.165) is 17.5 Å². The Hall–Kier alpha value is -1.78. The minimum atomic E-state index is -0.789. The molecule has 1 N–H and O–H groups in total. The summed E-state index contributed by atoms with van der Waals surface area (Å²) in [6.45, 7) is 1.86. The van der Waals surface area contributed by atoms with Crippen LogP contribution in [0.3, 0.4) is 0 Å². The second kappa shape index (κ2) is 5.78. The highest BCUT2D eigenvalue weighted by molar-refractivity contribution is 5.34. The van der Waals surface area contributed by atoms with E-state index in [1.807, 2.05) is 6.92 Å². The molecular weight excluding hydrogens is 286 g/mol. The van der Waals surface area contributed by atoms with Gasteiger partial charge in [0, 0.05) is 5.92 Å². The highest BCUT2D eigenvalue weighted by Gasteiger charge is 2.60. The van der Waals surface area contributed by atoms with Crippen molar-refractivity contribution in [3.05, 3.63) is 71.3 Å². The zero-order valence-electron chi connectivity index (χ0n) is 12.3. The summed E-state index contributed by atoms with van der Waals surface area (Å²) in [7, 11) is 0. The molecule has 0 radical (unpaired) electrons. The molecule has 4 heteroatoms. The summed E-state index contributed by atoms with van der Waals surface area (Å²) in [5, 5.41) is 9.81. The predicted octanol–water partition coefficient (Wildman–Crippen LogP) is 3.75. The normalized spacial score (nSPS) is 25.0. The van der Waals surface area contributed by atoms with E-state index in [2.05, 4.69) is 0 Å². The zero-order valence-corrected chi connectivity index (χ0v) is 12.3. The standard InChI is InChI=1S/C18H18F2O2/c1-2-16(12-3-7-14(19)8-4-12)17-18(11-21,22-17)13-5-9-15(20)10-6-13/h3-10,16-17,21H,2,11H2,1H3/t16-,17?,18-/m1/s1. The van der Waals surface area contributed by atoms with Crippen LogP contribution < -0.4 is 0 Å². The van der Waals surface area contributed by atoms with Gasteiger partial charge >= 0.3 is 0 Å². The van der Waals surface area contributed by atoms with Gasteiger partial charge in [-0.05, 0) is 41.8 Å². The molecule has 116 valence electrons. The molecule has 1 saturated heterocycles. The number of ether oxygens (including phenoxy) is 1. The Morgan fingerprint density at radius 1 is 1.05 bits per heavy atom. The molecule has 2 aromatic rings. The number of epoxide rings is 1. The Bertz CT molecular complexity index is 639. The first kappa shape index (κ1) is 15.1. The van der Waals surface area contributed by atoms with E-state index in [1.165, 1.54) is 24.3 Å². The first-order chi connectivity index (χ1) is 10.6. The van der Waals surface area contributed by atoms with Crippen molar-refractivity contribution < 1.29 is 18.6 Å². The SMILES string of the molecule is CC[C@H](c1ccc(F)cc1)C1O[C@]1(CO)c1ccc(F)cc1. The molecule has 0 spiro atoms. The summed E-state index contributed by atoms with van der Waals surface area (Å²) in [5.41, 5.74) is 0.955. The molecule has 0 aliphatic carbocycles. The largest absolute Gasteiger partial charge is 0.393 e. The van der Waals surface area contributed by atoms with Gasteiger partial charge in [0.2, 0.25) is 0 Å². The molecule has 1 heterocycles. The number of hydrogen-bond acceptors (Lipinski definition) is 2. The van der Waals surface area contributed by atoms with Crippen LogP contribution in [-0.4, -0.2) is 17.8 Å². The van der Waals surface area contributed by atoms with Gasteiger partial charge in [-0.3, -0.25) is 0 Å². The highest BCUT2D eigenvalue weighted by Crippen LogP contribution is 2.53. The van der Waals surface area contributed by atoms with Gasteiger partial charge in [-0.2, -0.15) is 0 Å². The van der Waals surface area contributed by atoms with Crippen molar-refractivity contribution >= 4 is 0 Å². The van der Waals surface area contributed by atoms with Gasteiger partial charge in [0.15, 0.2) is 0 Å². The van der Waals surface area contributed by atoms with Crippen molar-refractivity contribution in [2.75, 3.05) is 6.61 Å². The van der Waals surface area contributed by atoms with E-state index in [9.17, 15) is 13.9 Å². The fourth-order valence-electron chi connectivity index (χ4n) is 3.12. The lowest BCUT2D eigenvalue weighted by molar-refractivity contribution is 0.172. The van der Waals surface area contributed by atoms with E-state index in [1.54, 1.807) is 24.3 Å². The average molecular weight is 304 g/mol. The molecule has 3 atom stereocenters. The monoisotopic (exact) mass is 304 g/mol. The third kappa shape index (κ3) is 2.53. The number of benzene rings is 2. The van der Waals surface area contributed by atoms with Crippen molar-refractivity contribution in [2.24, 2.45) is 0 Å². The first-order valence-electron chi connectivity index (χ1n) is 7.41. The number of aliphatic hydroxyl groups excluding tert-OH is 1. The van der Waals surface area contributed by atoms with E-state index in [4.69, 9.17) is 4.74 Å². The molecule has 3 rings (SSSR count). The van der Waals surface area contributed by atoms with Gasteiger partial charge in [0.25, 0.3) is 0 Å². The molecule has 2 nitrogen and oxygen atoms in total. The summed E-state index contributed by atoms with van der Waals surface area (Å²) in [6.07, 6.45) is 0.609. The minimum Gasteiger partial charge on any atom is -0.393 e. The Morgan fingerprint density at radius 3 is 2.09 bits per heavy atom. The molecule has 0 amide bonds. The van der Waals surface area contributed by atoms with Gasteiger partial charge in [-0.1, -0.05) is 31.2 Å². The molecule has 1 aliphatic rings. The summed E-state index contributed by atoms with van der Waals surface area (Å²) in [4.78, 5) is 0. The molecular formula is C18H18F2O2. The van der Waals surface area contributed by atoms with Gasteiger partial charge in [-0.25, -0.2) is 8.78 Å². The quantitative estimate of drug-likeness (QED) is 0.853. The lowest BCUT2D eigenvalue weighted by Gasteiger charge is -2.17. The molecule has 1 unspecified atom stereocenters. The van der Waals surface area contributed by atoms with Crippen LogP contribution >= 0.6 is 0 Å². The fraction of sp³-hybridized carbons (Fsp3) is 0.333. The van der Waals surface area contributed by atoms with Crippen LogP contribution in [0.1, 0.15) is 30.4 Å². The third-order valence-corrected chi connectivity index (χ3v) is 4.41. The topological polar surface area (TPSA) is 32.8 Å². The Labute approximate surface area is 128 Å². The third-order valence-electron chi connectivity index (χ3n) is 4.41. The lowest BCUT2D eigenvalue weighted by Crippen LogP contribution is -2.22. The average Bonchev–Trinajstić information content (AvgIpc) is 3.26. The molecule has 1 fully saturated rings. The minimum absolute atomic E-state index is 0.0535. The van der Waals surface area contributed by atoms with E-state index in [-0.39, 0.29) is 30.3 Å². The number of halogens is 2. The van der Waals surface area contributed by atoms with Crippen LogP contribution in [0.2, 0.25) is 0 Å². The van der Waals surface area contributed by atoms with Crippen molar-refractivity contribution in [1.82, 2.24) is 0 Å². The Balaban J connectivity index is 1.88. The van der Waals surface area contributed by atoms with E-state index in [0.29, 0.717) is 0 Å². The Morgan fingerprint density at radius 2 is 1.59 bits per heavy atom. The van der Waals surface area contributed by atoms with Crippen LogP contribution in [0.4, 0.5) is 8.78 Å². The van der Waals surface area contributed by atoms with Crippen LogP contribution in [0.25, 0.3) is 0 Å². The van der Waals surface area contributed by atoms with Crippen molar-refractivity contribution in [1.29, 1.82) is 0 Å². The molecule has 22 heavy (non-hydrogen) atoms. The second-order valence-electron chi connectivity index (χ2n) is 5.66. The van der Waals surface area contributed by atoms with Crippen molar-refractivity contribution in [3.63, 3.8) is 0 Å². The molecule has 2 aromatic carbocycles.